The number of rotatable bonds is 5. The second kappa shape index (κ2) is 5.38. The van der Waals surface area contributed by atoms with Crippen molar-refractivity contribution in [1.82, 2.24) is 9.96 Å². The molecule has 2 fully saturated rings. The number of nitrogens with zero attached hydrogens (tertiary/aromatic N) is 2. The summed E-state index contributed by atoms with van der Waals surface area (Å²) in [4.78, 5) is 20.0. The van der Waals surface area contributed by atoms with E-state index in [1.807, 2.05) is 17.0 Å². The van der Waals surface area contributed by atoms with Crippen LogP contribution < -0.4 is 0 Å². The van der Waals surface area contributed by atoms with E-state index in [1.54, 1.807) is 0 Å². The van der Waals surface area contributed by atoms with Crippen molar-refractivity contribution >= 4 is 5.91 Å². The summed E-state index contributed by atoms with van der Waals surface area (Å²) in [6, 6.07) is -0.191. The van der Waals surface area contributed by atoms with Crippen LogP contribution >= 0.6 is 0 Å². The van der Waals surface area contributed by atoms with Crippen molar-refractivity contribution in [3.8, 4) is 0 Å². The fraction of sp³-hybridized carbons (Fsp3) is 0.929. The van der Waals surface area contributed by atoms with Gasteiger partial charge in [-0.05, 0) is 19.3 Å². The molecule has 0 N–H and O–H groups in total. The lowest BCUT2D eigenvalue weighted by Crippen LogP contribution is -2.54. The maximum absolute atomic E-state index is 12.3. The van der Waals surface area contributed by atoms with Crippen molar-refractivity contribution in [2.45, 2.75) is 65.0 Å². The quantitative estimate of drug-likeness (QED) is 0.716. The zero-order valence-corrected chi connectivity index (χ0v) is 12.7. The molecule has 5 nitrogen and oxygen atoms in total. The molecule has 0 aliphatic carbocycles. The summed E-state index contributed by atoms with van der Waals surface area (Å²) >= 11 is 0. The molecule has 3 atom stereocenters. The van der Waals surface area contributed by atoms with Gasteiger partial charge in [0.15, 0.2) is 6.29 Å². The largest absolute Gasteiger partial charge is 0.351 e. The van der Waals surface area contributed by atoms with Crippen LogP contribution in [0.2, 0.25) is 0 Å². The lowest BCUT2D eigenvalue weighted by Gasteiger charge is -2.41. The van der Waals surface area contributed by atoms with Gasteiger partial charge in [0.2, 0.25) is 5.91 Å². The number of hydroxylamine groups is 2. The number of carbonyl (C=O) groups excluding carboxylic acids is 1. The van der Waals surface area contributed by atoms with E-state index in [1.165, 1.54) is 0 Å². The number of hydrogen-bond donors (Lipinski definition) is 0. The highest BCUT2D eigenvalue weighted by atomic mass is 16.8. The molecule has 1 amide bonds. The van der Waals surface area contributed by atoms with E-state index < -0.39 is 0 Å². The van der Waals surface area contributed by atoms with Gasteiger partial charge >= 0.3 is 0 Å². The van der Waals surface area contributed by atoms with Crippen LogP contribution in [0.4, 0.5) is 0 Å². The van der Waals surface area contributed by atoms with Crippen molar-refractivity contribution in [2.75, 3.05) is 13.7 Å². The van der Waals surface area contributed by atoms with Gasteiger partial charge in [0.05, 0.1) is 0 Å². The molecule has 0 spiro atoms. The number of carbonyl (C=O) groups is 1. The molecule has 0 aromatic rings. The van der Waals surface area contributed by atoms with Crippen LogP contribution in [0.3, 0.4) is 0 Å². The molecule has 2 saturated heterocycles. The monoisotopic (exact) mass is 270 g/mol. The fourth-order valence-electron chi connectivity index (χ4n) is 2.84. The van der Waals surface area contributed by atoms with Crippen molar-refractivity contribution in [2.24, 2.45) is 5.92 Å². The van der Waals surface area contributed by atoms with Gasteiger partial charge in [-0.3, -0.25) is 9.63 Å². The second-order valence-electron chi connectivity index (χ2n) is 5.98. The molecule has 110 valence electrons. The standard InChI is InChI=1S/C14H26N2O3/c1-6-7-8-18-12-9-11-13(17)15(5)14(4,10(2)3)16(11)19-12/h10-12H,6-9H2,1-5H3/t11-,12-,14-/m0/s1. The fourth-order valence-corrected chi connectivity index (χ4v) is 2.84. The minimum atomic E-state index is -0.384. The molecule has 0 aromatic carbocycles. The van der Waals surface area contributed by atoms with Crippen molar-refractivity contribution in [1.29, 1.82) is 0 Å². The van der Waals surface area contributed by atoms with E-state index in [0.717, 1.165) is 12.8 Å². The summed E-state index contributed by atoms with van der Waals surface area (Å²) in [6.07, 6.45) is 2.49. The Hall–Kier alpha value is -0.650. The molecule has 0 aromatic heterocycles. The first-order valence-corrected chi connectivity index (χ1v) is 7.28. The third kappa shape index (κ3) is 2.28. The van der Waals surface area contributed by atoms with Crippen LogP contribution in [0.15, 0.2) is 0 Å². The smallest absolute Gasteiger partial charge is 0.243 e. The van der Waals surface area contributed by atoms with Crippen molar-refractivity contribution in [3.05, 3.63) is 0 Å². The molecule has 2 heterocycles. The first-order valence-electron chi connectivity index (χ1n) is 7.28. The molecule has 0 radical (unpaired) electrons. The van der Waals surface area contributed by atoms with Crippen LogP contribution in [0.5, 0.6) is 0 Å². The second-order valence-corrected chi connectivity index (χ2v) is 5.98. The SMILES string of the molecule is CCCCO[C@@H]1C[C@H]2C(=O)N(C)[C@](C)(C(C)C)N2O1. The molecule has 2 rings (SSSR count). The Bertz CT molecular complexity index is 348. The Morgan fingerprint density at radius 3 is 2.79 bits per heavy atom. The third-order valence-corrected chi connectivity index (χ3v) is 4.57. The predicted molar refractivity (Wildman–Crippen MR) is 72.0 cm³/mol. The number of ether oxygens (including phenoxy) is 1. The number of fused-ring (bicyclic) bond motifs is 1. The van der Waals surface area contributed by atoms with Crippen LogP contribution in [-0.2, 0) is 14.4 Å². The van der Waals surface area contributed by atoms with Crippen LogP contribution in [-0.4, -0.2) is 47.5 Å². The summed E-state index contributed by atoms with van der Waals surface area (Å²) in [6.45, 7) is 9.11. The number of hydrogen-bond acceptors (Lipinski definition) is 4. The average molecular weight is 270 g/mol. The van der Waals surface area contributed by atoms with E-state index >= 15 is 0 Å². The summed E-state index contributed by atoms with van der Waals surface area (Å²) in [5.74, 6) is 0.429. The third-order valence-electron chi connectivity index (χ3n) is 4.57. The number of likely N-dealkylation sites (N-methyl/N-ethyl adjacent to an activating group) is 1. The molecule has 19 heavy (non-hydrogen) atoms. The first-order chi connectivity index (χ1) is 8.92. The van der Waals surface area contributed by atoms with E-state index in [2.05, 4.69) is 27.7 Å². The van der Waals surface area contributed by atoms with Gasteiger partial charge in [0, 0.05) is 20.1 Å². The van der Waals surface area contributed by atoms with E-state index in [9.17, 15) is 4.79 Å². The maximum Gasteiger partial charge on any atom is 0.243 e. The van der Waals surface area contributed by atoms with Gasteiger partial charge in [0.25, 0.3) is 0 Å². The Morgan fingerprint density at radius 1 is 1.53 bits per heavy atom. The Balaban J connectivity index is 2.06. The predicted octanol–water partition coefficient (Wildman–Crippen LogP) is 1.98. The molecular formula is C14H26N2O3. The highest BCUT2D eigenvalue weighted by molar-refractivity contribution is 5.84. The maximum atomic E-state index is 12.3. The molecule has 5 heteroatoms. The molecule has 0 bridgehead atoms. The van der Waals surface area contributed by atoms with Crippen LogP contribution in [0.1, 0.15) is 47.0 Å². The normalized spacial score (nSPS) is 35.5. The summed E-state index contributed by atoms with van der Waals surface area (Å²) in [5, 5.41) is 1.86. The minimum Gasteiger partial charge on any atom is -0.351 e. The van der Waals surface area contributed by atoms with E-state index in [-0.39, 0.29) is 23.9 Å². The Morgan fingerprint density at radius 2 is 2.21 bits per heavy atom. The summed E-state index contributed by atoms with van der Waals surface area (Å²) in [7, 11) is 1.86. The molecule has 0 unspecified atom stereocenters. The number of amides is 1. The van der Waals surface area contributed by atoms with Crippen LogP contribution in [0, 0.1) is 5.92 Å². The minimum absolute atomic E-state index is 0.137. The van der Waals surface area contributed by atoms with Crippen molar-refractivity contribution in [3.63, 3.8) is 0 Å². The first kappa shape index (κ1) is 14.8. The molecule has 2 aliphatic rings. The van der Waals surface area contributed by atoms with E-state index in [0.29, 0.717) is 18.9 Å². The highest BCUT2D eigenvalue weighted by Gasteiger charge is 2.59. The summed E-state index contributed by atoms with van der Waals surface area (Å²) in [5.41, 5.74) is -0.384. The van der Waals surface area contributed by atoms with Gasteiger partial charge in [0.1, 0.15) is 11.7 Å². The van der Waals surface area contributed by atoms with Gasteiger partial charge in [-0.25, -0.2) is 0 Å². The molecule has 0 saturated carbocycles. The van der Waals surface area contributed by atoms with E-state index in [4.69, 9.17) is 9.57 Å². The zero-order valence-electron chi connectivity index (χ0n) is 12.7. The molecule has 2 aliphatic heterocycles. The summed E-state index contributed by atoms with van der Waals surface area (Å²) < 4.78 is 5.70. The Labute approximate surface area is 115 Å². The van der Waals surface area contributed by atoms with Gasteiger partial charge in [-0.1, -0.05) is 27.2 Å². The van der Waals surface area contributed by atoms with Gasteiger partial charge in [-0.2, -0.15) is 0 Å². The molecular weight excluding hydrogens is 244 g/mol. The average Bonchev–Trinajstić information content (AvgIpc) is 2.86. The lowest BCUT2D eigenvalue weighted by molar-refractivity contribution is -0.288. The van der Waals surface area contributed by atoms with Gasteiger partial charge in [-0.15, -0.1) is 5.06 Å². The lowest BCUT2D eigenvalue weighted by atomic mass is 9.97. The highest BCUT2D eigenvalue weighted by Crippen LogP contribution is 2.42. The van der Waals surface area contributed by atoms with Gasteiger partial charge < -0.3 is 9.64 Å². The number of unbranched alkanes of at least 4 members (excludes halogenated alkanes) is 1. The zero-order chi connectivity index (χ0) is 14.2. The van der Waals surface area contributed by atoms with Crippen molar-refractivity contribution < 1.29 is 14.4 Å². The van der Waals surface area contributed by atoms with Crippen LogP contribution in [0.25, 0.3) is 0 Å². The topological polar surface area (TPSA) is 42.0 Å². The Kier molecular flexibility index (Phi) is 4.18.